The molecular formula is C15H32N2O2. The van der Waals surface area contributed by atoms with Crippen molar-refractivity contribution < 1.29 is 9.90 Å². The number of aliphatic hydroxyl groups is 1. The predicted octanol–water partition coefficient (Wildman–Crippen LogP) is 2.07. The first-order chi connectivity index (χ1) is 8.68. The first-order valence-electron chi connectivity index (χ1n) is 7.44. The van der Waals surface area contributed by atoms with Gasteiger partial charge in [0.15, 0.2) is 0 Å². The molecule has 0 spiro atoms. The van der Waals surface area contributed by atoms with E-state index in [1.165, 1.54) is 0 Å². The van der Waals surface area contributed by atoms with Gasteiger partial charge >= 0.3 is 0 Å². The van der Waals surface area contributed by atoms with E-state index in [4.69, 9.17) is 0 Å². The molecule has 0 aromatic carbocycles. The van der Waals surface area contributed by atoms with Gasteiger partial charge in [0.25, 0.3) is 0 Å². The zero-order chi connectivity index (χ0) is 15.1. The fraction of sp³-hybridized carbons (Fsp3) is 0.933. The summed E-state index contributed by atoms with van der Waals surface area (Å²) >= 11 is 0. The van der Waals surface area contributed by atoms with Gasteiger partial charge in [-0.3, -0.25) is 4.79 Å². The maximum Gasteiger partial charge on any atom is 0.237 e. The molecule has 0 heterocycles. The molecule has 0 aliphatic rings. The second-order valence-corrected chi connectivity index (χ2v) is 6.40. The predicted molar refractivity (Wildman–Crippen MR) is 80.1 cm³/mol. The molecule has 0 rings (SSSR count). The second kappa shape index (κ2) is 8.54. The average Bonchev–Trinajstić information content (AvgIpc) is 2.24. The van der Waals surface area contributed by atoms with Crippen LogP contribution in [0.15, 0.2) is 0 Å². The van der Waals surface area contributed by atoms with E-state index in [1.807, 2.05) is 20.8 Å². The SMILES string of the molecule is CCCC(C)NC(=O)C(C)NCC(C)(O)CC(C)C. The van der Waals surface area contributed by atoms with E-state index in [-0.39, 0.29) is 18.0 Å². The molecule has 0 aromatic heterocycles. The Morgan fingerprint density at radius 2 is 1.84 bits per heavy atom. The van der Waals surface area contributed by atoms with Gasteiger partial charge in [-0.15, -0.1) is 0 Å². The van der Waals surface area contributed by atoms with Crippen molar-refractivity contribution in [3.63, 3.8) is 0 Å². The standard InChI is InChI=1S/C15H32N2O2/c1-7-8-12(4)17-14(18)13(5)16-10-15(6,19)9-11(2)3/h11-13,16,19H,7-10H2,1-6H3,(H,17,18). The molecular weight excluding hydrogens is 240 g/mol. The monoisotopic (exact) mass is 272 g/mol. The van der Waals surface area contributed by atoms with Gasteiger partial charge < -0.3 is 15.7 Å². The molecule has 4 heteroatoms. The molecule has 0 bridgehead atoms. The highest BCUT2D eigenvalue weighted by Gasteiger charge is 2.24. The maximum atomic E-state index is 11.9. The molecule has 0 aliphatic heterocycles. The fourth-order valence-corrected chi connectivity index (χ4v) is 2.29. The minimum absolute atomic E-state index is 0.00120. The highest BCUT2D eigenvalue weighted by molar-refractivity contribution is 5.81. The zero-order valence-corrected chi connectivity index (χ0v) is 13.4. The molecule has 0 saturated heterocycles. The maximum absolute atomic E-state index is 11.9. The summed E-state index contributed by atoms with van der Waals surface area (Å²) < 4.78 is 0. The van der Waals surface area contributed by atoms with Gasteiger partial charge in [0.1, 0.15) is 0 Å². The summed E-state index contributed by atoms with van der Waals surface area (Å²) in [5.74, 6) is 0.437. The third-order valence-electron chi connectivity index (χ3n) is 3.14. The van der Waals surface area contributed by atoms with Gasteiger partial charge in [-0.2, -0.15) is 0 Å². The van der Waals surface area contributed by atoms with Crippen LogP contribution in [0.4, 0.5) is 0 Å². The molecule has 0 aliphatic carbocycles. The molecule has 3 N–H and O–H groups in total. The minimum atomic E-state index is -0.766. The van der Waals surface area contributed by atoms with Gasteiger partial charge in [-0.05, 0) is 39.5 Å². The fourth-order valence-electron chi connectivity index (χ4n) is 2.29. The Morgan fingerprint density at radius 3 is 2.32 bits per heavy atom. The summed E-state index contributed by atoms with van der Waals surface area (Å²) in [7, 11) is 0. The quantitative estimate of drug-likeness (QED) is 0.602. The molecule has 3 unspecified atom stereocenters. The molecule has 0 aromatic rings. The van der Waals surface area contributed by atoms with E-state index < -0.39 is 5.60 Å². The smallest absolute Gasteiger partial charge is 0.237 e. The van der Waals surface area contributed by atoms with E-state index >= 15 is 0 Å². The number of carbonyl (C=O) groups is 1. The van der Waals surface area contributed by atoms with E-state index in [2.05, 4.69) is 31.4 Å². The van der Waals surface area contributed by atoms with Gasteiger partial charge in [0.2, 0.25) is 5.91 Å². The third-order valence-corrected chi connectivity index (χ3v) is 3.14. The van der Waals surface area contributed by atoms with Crippen LogP contribution in [-0.2, 0) is 4.79 Å². The molecule has 114 valence electrons. The van der Waals surface area contributed by atoms with Gasteiger partial charge in [0.05, 0.1) is 11.6 Å². The minimum Gasteiger partial charge on any atom is -0.389 e. The van der Waals surface area contributed by atoms with E-state index in [9.17, 15) is 9.90 Å². The number of rotatable bonds is 9. The molecule has 0 fully saturated rings. The third kappa shape index (κ3) is 9.00. The number of amides is 1. The number of hydrogen-bond donors (Lipinski definition) is 3. The zero-order valence-electron chi connectivity index (χ0n) is 13.4. The summed E-state index contributed by atoms with van der Waals surface area (Å²) in [5.41, 5.74) is -0.766. The lowest BCUT2D eigenvalue weighted by Crippen LogP contribution is -2.50. The van der Waals surface area contributed by atoms with Crippen LogP contribution in [0.3, 0.4) is 0 Å². The van der Waals surface area contributed by atoms with Crippen molar-refractivity contribution in [3.8, 4) is 0 Å². The van der Waals surface area contributed by atoms with Crippen molar-refractivity contribution in [1.82, 2.24) is 10.6 Å². The first kappa shape index (κ1) is 18.4. The highest BCUT2D eigenvalue weighted by atomic mass is 16.3. The van der Waals surface area contributed by atoms with Crippen LogP contribution < -0.4 is 10.6 Å². The van der Waals surface area contributed by atoms with Crippen molar-refractivity contribution >= 4 is 5.91 Å². The van der Waals surface area contributed by atoms with Crippen LogP contribution in [0, 0.1) is 5.92 Å². The summed E-state index contributed by atoms with van der Waals surface area (Å²) in [6.45, 7) is 12.4. The van der Waals surface area contributed by atoms with Gasteiger partial charge in [-0.25, -0.2) is 0 Å². The van der Waals surface area contributed by atoms with Crippen LogP contribution in [0.2, 0.25) is 0 Å². The van der Waals surface area contributed by atoms with Crippen molar-refractivity contribution in [3.05, 3.63) is 0 Å². The van der Waals surface area contributed by atoms with E-state index in [1.54, 1.807) is 0 Å². The van der Waals surface area contributed by atoms with Crippen LogP contribution in [-0.4, -0.2) is 35.2 Å². The Kier molecular flexibility index (Phi) is 8.26. The normalized spacial score (nSPS) is 17.9. The highest BCUT2D eigenvalue weighted by Crippen LogP contribution is 2.15. The lowest BCUT2D eigenvalue weighted by Gasteiger charge is -2.27. The van der Waals surface area contributed by atoms with Crippen molar-refractivity contribution in [2.24, 2.45) is 5.92 Å². The summed E-state index contributed by atoms with van der Waals surface area (Å²) in [6, 6.07) is -0.0733. The molecule has 0 radical (unpaired) electrons. The van der Waals surface area contributed by atoms with Crippen LogP contribution in [0.1, 0.15) is 60.8 Å². The summed E-state index contributed by atoms with van der Waals surface area (Å²) in [4.78, 5) is 11.9. The summed E-state index contributed by atoms with van der Waals surface area (Å²) in [6.07, 6.45) is 2.77. The Bertz CT molecular complexity index is 265. The van der Waals surface area contributed by atoms with Gasteiger partial charge in [0, 0.05) is 12.6 Å². The van der Waals surface area contributed by atoms with Crippen LogP contribution >= 0.6 is 0 Å². The van der Waals surface area contributed by atoms with Crippen LogP contribution in [0.5, 0.6) is 0 Å². The van der Waals surface area contributed by atoms with E-state index in [0.29, 0.717) is 12.5 Å². The molecule has 1 amide bonds. The number of carbonyl (C=O) groups excluding carboxylic acids is 1. The molecule has 19 heavy (non-hydrogen) atoms. The Hall–Kier alpha value is -0.610. The van der Waals surface area contributed by atoms with Crippen molar-refractivity contribution in [2.45, 2.75) is 78.5 Å². The molecule has 0 saturated carbocycles. The topological polar surface area (TPSA) is 61.4 Å². The molecule has 3 atom stereocenters. The van der Waals surface area contributed by atoms with Crippen LogP contribution in [0.25, 0.3) is 0 Å². The van der Waals surface area contributed by atoms with Gasteiger partial charge in [-0.1, -0.05) is 27.2 Å². The first-order valence-corrected chi connectivity index (χ1v) is 7.44. The average molecular weight is 272 g/mol. The number of nitrogens with one attached hydrogen (secondary N) is 2. The van der Waals surface area contributed by atoms with E-state index in [0.717, 1.165) is 19.3 Å². The Balaban J connectivity index is 4.09. The second-order valence-electron chi connectivity index (χ2n) is 6.40. The number of hydrogen-bond acceptors (Lipinski definition) is 3. The molecule has 4 nitrogen and oxygen atoms in total. The van der Waals surface area contributed by atoms with Crippen molar-refractivity contribution in [1.29, 1.82) is 0 Å². The van der Waals surface area contributed by atoms with Crippen molar-refractivity contribution in [2.75, 3.05) is 6.54 Å². The largest absolute Gasteiger partial charge is 0.389 e. The lowest BCUT2D eigenvalue weighted by atomic mass is 9.94. The summed E-state index contributed by atoms with van der Waals surface area (Å²) in [5, 5.41) is 16.3. The Labute approximate surface area is 118 Å². The Morgan fingerprint density at radius 1 is 1.26 bits per heavy atom. The lowest BCUT2D eigenvalue weighted by molar-refractivity contribution is -0.123.